The second-order valence-corrected chi connectivity index (χ2v) is 6.05. The number of carbonyl (C=O) groups excluding carboxylic acids is 1. The standard InChI is InChI=1S/C21H26N2O3/c1-4-22-13-14-23(18-10-8-7-9-17(18)22)21(24)16-11-12-19(25-5-2)20(15-16)26-6-3/h7-12,15H,4-6,13-14H2,1-3H3. The lowest BCUT2D eigenvalue weighted by Crippen LogP contribution is -2.44. The van der Waals surface area contributed by atoms with Crippen LogP contribution in [0.3, 0.4) is 0 Å². The molecule has 1 amide bonds. The number of fused-ring (bicyclic) bond motifs is 1. The molecule has 0 aromatic heterocycles. The van der Waals surface area contributed by atoms with Crippen LogP contribution in [-0.2, 0) is 0 Å². The van der Waals surface area contributed by atoms with Crippen LogP contribution in [0.1, 0.15) is 31.1 Å². The maximum atomic E-state index is 13.2. The molecule has 0 atom stereocenters. The first-order valence-electron chi connectivity index (χ1n) is 9.25. The summed E-state index contributed by atoms with van der Waals surface area (Å²) in [6.07, 6.45) is 0. The SMILES string of the molecule is CCOc1ccc(C(=O)N2CCN(CC)c3ccccc32)cc1OCC. The summed E-state index contributed by atoms with van der Waals surface area (Å²) >= 11 is 0. The lowest BCUT2D eigenvalue weighted by Gasteiger charge is -2.37. The number of hydrogen-bond acceptors (Lipinski definition) is 4. The Balaban J connectivity index is 1.93. The quantitative estimate of drug-likeness (QED) is 0.787. The lowest BCUT2D eigenvalue weighted by molar-refractivity contribution is 0.0986. The molecule has 1 aliphatic rings. The van der Waals surface area contributed by atoms with Gasteiger partial charge in [0.25, 0.3) is 5.91 Å². The Bertz CT molecular complexity index is 776. The summed E-state index contributed by atoms with van der Waals surface area (Å²) in [5.74, 6) is 1.26. The van der Waals surface area contributed by atoms with E-state index >= 15 is 0 Å². The minimum absolute atomic E-state index is 0.0165. The van der Waals surface area contributed by atoms with Crippen molar-refractivity contribution in [2.24, 2.45) is 0 Å². The predicted octanol–water partition coefficient (Wildman–Crippen LogP) is 3.97. The summed E-state index contributed by atoms with van der Waals surface area (Å²) in [5, 5.41) is 0. The fraction of sp³-hybridized carbons (Fsp3) is 0.381. The number of ether oxygens (including phenoxy) is 2. The zero-order valence-electron chi connectivity index (χ0n) is 15.7. The van der Waals surface area contributed by atoms with Crippen LogP contribution in [0.2, 0.25) is 0 Å². The van der Waals surface area contributed by atoms with E-state index in [1.165, 1.54) is 0 Å². The van der Waals surface area contributed by atoms with Gasteiger partial charge in [0.2, 0.25) is 0 Å². The highest BCUT2D eigenvalue weighted by atomic mass is 16.5. The largest absolute Gasteiger partial charge is 0.490 e. The van der Waals surface area contributed by atoms with Gasteiger partial charge in [-0.25, -0.2) is 0 Å². The Hall–Kier alpha value is -2.69. The number of anilines is 2. The molecule has 2 aromatic carbocycles. The van der Waals surface area contributed by atoms with Crippen LogP contribution in [0.25, 0.3) is 0 Å². The van der Waals surface area contributed by atoms with Crippen molar-refractivity contribution >= 4 is 17.3 Å². The van der Waals surface area contributed by atoms with Gasteiger partial charge in [-0.1, -0.05) is 12.1 Å². The van der Waals surface area contributed by atoms with E-state index in [1.54, 1.807) is 6.07 Å². The molecule has 2 aromatic rings. The molecular formula is C21H26N2O3. The molecule has 0 aliphatic carbocycles. The molecule has 5 heteroatoms. The number of nitrogens with zero attached hydrogens (tertiary/aromatic N) is 2. The van der Waals surface area contributed by atoms with Crippen LogP contribution in [0.15, 0.2) is 42.5 Å². The van der Waals surface area contributed by atoms with Crippen molar-refractivity contribution in [3.05, 3.63) is 48.0 Å². The third-order valence-electron chi connectivity index (χ3n) is 4.52. The van der Waals surface area contributed by atoms with Gasteiger partial charge >= 0.3 is 0 Å². The van der Waals surface area contributed by atoms with E-state index in [0.29, 0.717) is 36.8 Å². The topological polar surface area (TPSA) is 42.0 Å². The van der Waals surface area contributed by atoms with Gasteiger partial charge in [-0.15, -0.1) is 0 Å². The third kappa shape index (κ3) is 3.47. The molecule has 0 fully saturated rings. The molecule has 0 radical (unpaired) electrons. The molecule has 0 unspecified atom stereocenters. The zero-order chi connectivity index (χ0) is 18.5. The molecule has 3 rings (SSSR count). The van der Waals surface area contributed by atoms with Crippen molar-refractivity contribution in [2.75, 3.05) is 42.6 Å². The highest BCUT2D eigenvalue weighted by Gasteiger charge is 2.27. The molecule has 0 N–H and O–H groups in total. The van der Waals surface area contributed by atoms with Gasteiger partial charge in [0.1, 0.15) is 0 Å². The third-order valence-corrected chi connectivity index (χ3v) is 4.52. The Morgan fingerprint density at radius 1 is 0.923 bits per heavy atom. The normalized spacial score (nSPS) is 13.3. The summed E-state index contributed by atoms with van der Waals surface area (Å²) in [7, 11) is 0. The predicted molar refractivity (Wildman–Crippen MR) is 105 cm³/mol. The number of para-hydroxylation sites is 2. The van der Waals surface area contributed by atoms with Crippen LogP contribution in [0.5, 0.6) is 11.5 Å². The maximum absolute atomic E-state index is 13.2. The van der Waals surface area contributed by atoms with Crippen molar-refractivity contribution in [2.45, 2.75) is 20.8 Å². The number of amides is 1. The van der Waals surface area contributed by atoms with E-state index in [1.807, 2.05) is 49.1 Å². The van der Waals surface area contributed by atoms with Gasteiger partial charge in [0.15, 0.2) is 11.5 Å². The maximum Gasteiger partial charge on any atom is 0.258 e. The van der Waals surface area contributed by atoms with Gasteiger partial charge < -0.3 is 19.3 Å². The second kappa shape index (κ2) is 8.13. The number of benzene rings is 2. The van der Waals surface area contributed by atoms with E-state index in [2.05, 4.69) is 17.9 Å². The van der Waals surface area contributed by atoms with E-state index in [9.17, 15) is 4.79 Å². The number of likely N-dealkylation sites (N-methyl/N-ethyl adjacent to an activating group) is 1. The Morgan fingerprint density at radius 2 is 1.62 bits per heavy atom. The van der Waals surface area contributed by atoms with E-state index < -0.39 is 0 Å². The van der Waals surface area contributed by atoms with Crippen molar-refractivity contribution in [3.8, 4) is 11.5 Å². The summed E-state index contributed by atoms with van der Waals surface area (Å²) in [6, 6.07) is 13.5. The highest BCUT2D eigenvalue weighted by Crippen LogP contribution is 2.35. The summed E-state index contributed by atoms with van der Waals surface area (Å²) in [4.78, 5) is 17.3. The van der Waals surface area contributed by atoms with Gasteiger partial charge in [-0.3, -0.25) is 4.79 Å². The average molecular weight is 354 g/mol. The van der Waals surface area contributed by atoms with Gasteiger partial charge in [0.05, 0.1) is 24.6 Å². The van der Waals surface area contributed by atoms with Crippen LogP contribution in [-0.4, -0.2) is 38.8 Å². The zero-order valence-corrected chi connectivity index (χ0v) is 15.7. The molecule has 0 saturated heterocycles. The van der Waals surface area contributed by atoms with Crippen LogP contribution in [0.4, 0.5) is 11.4 Å². The summed E-state index contributed by atoms with van der Waals surface area (Å²) < 4.78 is 11.3. The smallest absolute Gasteiger partial charge is 0.258 e. The Morgan fingerprint density at radius 3 is 2.31 bits per heavy atom. The first kappa shape index (κ1) is 18.1. The van der Waals surface area contributed by atoms with Crippen LogP contribution < -0.4 is 19.3 Å². The molecule has 1 aliphatic heterocycles. The van der Waals surface area contributed by atoms with Crippen molar-refractivity contribution < 1.29 is 14.3 Å². The summed E-state index contributed by atoms with van der Waals surface area (Å²) in [5.41, 5.74) is 2.67. The Labute approximate surface area is 155 Å². The number of carbonyl (C=O) groups is 1. The van der Waals surface area contributed by atoms with E-state index in [-0.39, 0.29) is 5.91 Å². The van der Waals surface area contributed by atoms with Crippen molar-refractivity contribution in [3.63, 3.8) is 0 Å². The molecule has 0 spiro atoms. The number of hydrogen-bond donors (Lipinski definition) is 0. The first-order chi connectivity index (χ1) is 12.7. The first-order valence-corrected chi connectivity index (χ1v) is 9.25. The van der Waals surface area contributed by atoms with Gasteiger partial charge in [-0.05, 0) is 51.1 Å². The monoisotopic (exact) mass is 354 g/mol. The van der Waals surface area contributed by atoms with Crippen LogP contribution >= 0.6 is 0 Å². The van der Waals surface area contributed by atoms with E-state index in [0.717, 1.165) is 24.5 Å². The summed E-state index contributed by atoms with van der Waals surface area (Å²) in [6.45, 7) is 9.49. The highest BCUT2D eigenvalue weighted by molar-refractivity contribution is 6.08. The van der Waals surface area contributed by atoms with Gasteiger partial charge in [-0.2, -0.15) is 0 Å². The molecule has 0 saturated carbocycles. The van der Waals surface area contributed by atoms with Crippen LogP contribution in [0, 0.1) is 0 Å². The van der Waals surface area contributed by atoms with Crippen molar-refractivity contribution in [1.29, 1.82) is 0 Å². The molecule has 5 nitrogen and oxygen atoms in total. The minimum atomic E-state index is -0.0165. The van der Waals surface area contributed by atoms with E-state index in [4.69, 9.17) is 9.47 Å². The number of rotatable bonds is 6. The Kier molecular flexibility index (Phi) is 5.66. The molecular weight excluding hydrogens is 328 g/mol. The average Bonchev–Trinajstić information content (AvgIpc) is 2.68. The minimum Gasteiger partial charge on any atom is -0.490 e. The fourth-order valence-electron chi connectivity index (χ4n) is 3.30. The van der Waals surface area contributed by atoms with Crippen molar-refractivity contribution in [1.82, 2.24) is 0 Å². The second-order valence-electron chi connectivity index (χ2n) is 6.05. The molecule has 0 bridgehead atoms. The fourth-order valence-corrected chi connectivity index (χ4v) is 3.30. The lowest BCUT2D eigenvalue weighted by atomic mass is 10.1. The molecule has 138 valence electrons. The molecule has 1 heterocycles. The van der Waals surface area contributed by atoms with Gasteiger partial charge in [0, 0.05) is 25.2 Å². The molecule has 26 heavy (non-hydrogen) atoms.